The highest BCUT2D eigenvalue weighted by Crippen LogP contribution is 2.51. The Morgan fingerprint density at radius 2 is 1.62 bits per heavy atom. The SMILES string of the molecule is Cc1ccc(C2CC2C(=O)c2c(O)cc(O)cc2O)cc1. The van der Waals surface area contributed by atoms with E-state index in [-0.39, 0.29) is 40.4 Å². The highest BCUT2D eigenvalue weighted by atomic mass is 16.3. The van der Waals surface area contributed by atoms with E-state index in [2.05, 4.69) is 0 Å². The van der Waals surface area contributed by atoms with Gasteiger partial charge in [-0.25, -0.2) is 0 Å². The van der Waals surface area contributed by atoms with Crippen molar-refractivity contribution < 1.29 is 20.1 Å². The molecule has 2 aromatic rings. The van der Waals surface area contributed by atoms with Crippen molar-refractivity contribution in [2.45, 2.75) is 19.3 Å². The summed E-state index contributed by atoms with van der Waals surface area (Å²) in [7, 11) is 0. The van der Waals surface area contributed by atoms with Crippen LogP contribution in [0.3, 0.4) is 0 Å². The summed E-state index contributed by atoms with van der Waals surface area (Å²) in [6, 6.07) is 10.1. The molecule has 2 unspecified atom stereocenters. The number of aryl methyl sites for hydroxylation is 1. The van der Waals surface area contributed by atoms with Gasteiger partial charge in [-0.3, -0.25) is 4.79 Å². The van der Waals surface area contributed by atoms with Gasteiger partial charge in [0.1, 0.15) is 22.8 Å². The van der Waals surface area contributed by atoms with Gasteiger partial charge in [0.05, 0.1) is 0 Å². The van der Waals surface area contributed by atoms with E-state index in [1.165, 1.54) is 0 Å². The highest BCUT2D eigenvalue weighted by Gasteiger charge is 2.45. The third-order valence-electron chi connectivity index (χ3n) is 3.96. The Kier molecular flexibility index (Phi) is 3.09. The topological polar surface area (TPSA) is 77.8 Å². The number of hydrogen-bond donors (Lipinski definition) is 3. The molecule has 1 saturated carbocycles. The van der Waals surface area contributed by atoms with E-state index in [0.29, 0.717) is 6.42 Å². The highest BCUT2D eigenvalue weighted by molar-refractivity contribution is 6.04. The fraction of sp³-hybridized carbons (Fsp3) is 0.235. The molecular formula is C17H16O4. The van der Waals surface area contributed by atoms with E-state index in [0.717, 1.165) is 23.3 Å². The Balaban J connectivity index is 1.84. The number of carbonyl (C=O) groups excluding carboxylic acids is 1. The first-order chi connectivity index (χ1) is 9.97. The summed E-state index contributed by atoms with van der Waals surface area (Å²) in [5, 5.41) is 28.8. The van der Waals surface area contributed by atoms with E-state index < -0.39 is 0 Å². The van der Waals surface area contributed by atoms with Crippen LogP contribution in [0.2, 0.25) is 0 Å². The van der Waals surface area contributed by atoms with E-state index in [9.17, 15) is 20.1 Å². The number of hydrogen-bond acceptors (Lipinski definition) is 4. The van der Waals surface area contributed by atoms with Gasteiger partial charge in [-0.15, -0.1) is 0 Å². The van der Waals surface area contributed by atoms with Crippen molar-refractivity contribution in [3.05, 3.63) is 53.1 Å². The molecule has 0 aromatic heterocycles. The summed E-state index contributed by atoms with van der Waals surface area (Å²) in [6.07, 6.45) is 0.710. The van der Waals surface area contributed by atoms with Crippen LogP contribution in [-0.4, -0.2) is 21.1 Å². The molecule has 3 rings (SSSR count). The predicted molar refractivity (Wildman–Crippen MR) is 77.8 cm³/mol. The Morgan fingerprint density at radius 3 is 2.19 bits per heavy atom. The second kappa shape index (κ2) is 4.81. The molecule has 2 atom stereocenters. The van der Waals surface area contributed by atoms with Crippen LogP contribution in [-0.2, 0) is 0 Å². The molecule has 0 spiro atoms. The predicted octanol–water partition coefficient (Wildman–Crippen LogP) is 3.10. The molecule has 0 bridgehead atoms. The minimum absolute atomic E-state index is 0.104. The summed E-state index contributed by atoms with van der Waals surface area (Å²) in [5.41, 5.74) is 2.15. The van der Waals surface area contributed by atoms with Crippen molar-refractivity contribution >= 4 is 5.78 Å². The third kappa shape index (κ3) is 2.44. The van der Waals surface area contributed by atoms with Gasteiger partial charge < -0.3 is 15.3 Å². The Morgan fingerprint density at radius 1 is 1.05 bits per heavy atom. The van der Waals surface area contributed by atoms with Crippen LogP contribution in [0.5, 0.6) is 17.2 Å². The van der Waals surface area contributed by atoms with Gasteiger partial charge in [-0.2, -0.15) is 0 Å². The lowest BCUT2D eigenvalue weighted by Gasteiger charge is -2.07. The smallest absolute Gasteiger partial charge is 0.174 e. The molecule has 21 heavy (non-hydrogen) atoms. The van der Waals surface area contributed by atoms with Crippen LogP contribution in [0.4, 0.5) is 0 Å². The van der Waals surface area contributed by atoms with Crippen molar-refractivity contribution in [2.24, 2.45) is 5.92 Å². The van der Waals surface area contributed by atoms with E-state index in [1.807, 2.05) is 31.2 Å². The fourth-order valence-electron chi connectivity index (χ4n) is 2.70. The molecule has 4 heteroatoms. The molecule has 0 saturated heterocycles. The van der Waals surface area contributed by atoms with Gasteiger partial charge in [0.15, 0.2) is 5.78 Å². The number of benzene rings is 2. The third-order valence-corrected chi connectivity index (χ3v) is 3.96. The minimum atomic E-state index is -0.382. The lowest BCUT2D eigenvalue weighted by Crippen LogP contribution is -2.04. The molecule has 4 nitrogen and oxygen atoms in total. The van der Waals surface area contributed by atoms with Crippen LogP contribution in [0.15, 0.2) is 36.4 Å². The zero-order chi connectivity index (χ0) is 15.1. The van der Waals surface area contributed by atoms with E-state index in [4.69, 9.17) is 0 Å². The summed E-state index contributed by atoms with van der Waals surface area (Å²) in [6.45, 7) is 2.01. The summed E-state index contributed by atoms with van der Waals surface area (Å²) in [4.78, 5) is 12.4. The average molecular weight is 284 g/mol. The molecule has 1 aliphatic rings. The first-order valence-electron chi connectivity index (χ1n) is 6.83. The molecular weight excluding hydrogens is 268 g/mol. The van der Waals surface area contributed by atoms with Crippen LogP contribution >= 0.6 is 0 Å². The number of phenols is 3. The van der Waals surface area contributed by atoms with Crippen molar-refractivity contribution in [2.75, 3.05) is 0 Å². The van der Waals surface area contributed by atoms with Crippen molar-refractivity contribution in [1.29, 1.82) is 0 Å². The molecule has 2 aromatic carbocycles. The Hall–Kier alpha value is -2.49. The number of Topliss-reactive ketones (excluding diaryl/α,β-unsaturated/α-hetero) is 1. The monoisotopic (exact) mass is 284 g/mol. The van der Waals surface area contributed by atoms with Gasteiger partial charge >= 0.3 is 0 Å². The number of aromatic hydroxyl groups is 3. The van der Waals surface area contributed by atoms with E-state index in [1.54, 1.807) is 0 Å². The fourth-order valence-corrected chi connectivity index (χ4v) is 2.70. The van der Waals surface area contributed by atoms with Crippen molar-refractivity contribution in [3.63, 3.8) is 0 Å². The molecule has 0 aliphatic heterocycles. The van der Waals surface area contributed by atoms with E-state index >= 15 is 0 Å². The molecule has 1 aliphatic carbocycles. The molecule has 3 N–H and O–H groups in total. The molecule has 1 fully saturated rings. The first-order valence-corrected chi connectivity index (χ1v) is 6.83. The van der Waals surface area contributed by atoms with Gasteiger partial charge in [-0.1, -0.05) is 29.8 Å². The number of ketones is 1. The zero-order valence-corrected chi connectivity index (χ0v) is 11.6. The zero-order valence-electron chi connectivity index (χ0n) is 11.6. The van der Waals surface area contributed by atoms with Crippen LogP contribution in [0.1, 0.15) is 33.8 Å². The minimum Gasteiger partial charge on any atom is -0.508 e. The van der Waals surface area contributed by atoms with Gasteiger partial charge in [0.25, 0.3) is 0 Å². The largest absolute Gasteiger partial charge is 0.508 e. The maximum atomic E-state index is 12.4. The van der Waals surface area contributed by atoms with Crippen molar-refractivity contribution in [3.8, 4) is 17.2 Å². The Labute approximate surface area is 122 Å². The van der Waals surface area contributed by atoms with Crippen LogP contribution in [0, 0.1) is 12.8 Å². The maximum Gasteiger partial charge on any atom is 0.174 e. The molecule has 108 valence electrons. The van der Waals surface area contributed by atoms with Gasteiger partial charge in [-0.05, 0) is 24.8 Å². The molecule has 0 amide bonds. The normalized spacial score (nSPS) is 20.2. The lowest BCUT2D eigenvalue weighted by molar-refractivity contribution is 0.0960. The van der Waals surface area contributed by atoms with Crippen LogP contribution < -0.4 is 0 Å². The number of carbonyl (C=O) groups is 1. The Bertz CT molecular complexity index is 680. The molecule has 0 heterocycles. The first kappa shape index (κ1) is 13.5. The van der Waals surface area contributed by atoms with Crippen LogP contribution in [0.25, 0.3) is 0 Å². The second-order valence-corrected chi connectivity index (χ2v) is 5.58. The van der Waals surface area contributed by atoms with Gasteiger partial charge in [0.2, 0.25) is 0 Å². The van der Waals surface area contributed by atoms with Crippen molar-refractivity contribution in [1.82, 2.24) is 0 Å². The quantitative estimate of drug-likeness (QED) is 0.757. The van der Waals surface area contributed by atoms with Gasteiger partial charge in [0, 0.05) is 18.1 Å². The number of rotatable bonds is 3. The molecule has 0 radical (unpaired) electrons. The number of phenolic OH excluding ortho intramolecular Hbond substituents is 3. The standard InChI is InChI=1S/C17H16O4/c1-9-2-4-10(5-3-9)12-8-13(12)17(21)16-14(19)6-11(18)7-15(16)20/h2-7,12-13,18-20H,8H2,1H3. The summed E-state index contributed by atoms with van der Waals surface area (Å²) in [5.74, 6) is -1.41. The average Bonchev–Trinajstić information content (AvgIpc) is 3.18. The maximum absolute atomic E-state index is 12.4. The second-order valence-electron chi connectivity index (χ2n) is 5.58. The summed E-state index contributed by atoms with van der Waals surface area (Å²) >= 11 is 0. The summed E-state index contributed by atoms with van der Waals surface area (Å²) < 4.78 is 0. The lowest BCUT2D eigenvalue weighted by atomic mass is 10.0.